The van der Waals surface area contributed by atoms with Gasteiger partial charge in [-0.05, 0) is 45.9 Å². The van der Waals surface area contributed by atoms with E-state index in [1.807, 2.05) is 121 Å². The summed E-state index contributed by atoms with van der Waals surface area (Å²) in [5, 5.41) is 20.1. The third kappa shape index (κ3) is 14.6. The second-order valence-electron chi connectivity index (χ2n) is 16.1. The predicted molar refractivity (Wildman–Crippen MR) is 242 cm³/mol. The van der Waals surface area contributed by atoms with Crippen LogP contribution in [-0.2, 0) is 70.9 Å². The van der Waals surface area contributed by atoms with E-state index in [0.29, 0.717) is 5.56 Å². The van der Waals surface area contributed by atoms with Gasteiger partial charge in [-0.1, -0.05) is 147 Å². The van der Waals surface area contributed by atoms with Crippen molar-refractivity contribution in [3.05, 3.63) is 179 Å². The maximum atomic E-state index is 14.4. The van der Waals surface area contributed by atoms with Crippen LogP contribution in [-0.4, -0.2) is 84.7 Å². The molecule has 1 fully saturated rings. The Morgan fingerprint density at radius 2 is 1.17 bits per heavy atom. The second-order valence-corrected chi connectivity index (χ2v) is 16.1. The normalized spacial score (nSPS) is 19.1. The Balaban J connectivity index is 1.20. The van der Waals surface area contributed by atoms with Crippen molar-refractivity contribution in [3.63, 3.8) is 0 Å². The molecule has 1 aliphatic heterocycles. The van der Waals surface area contributed by atoms with Crippen molar-refractivity contribution in [1.29, 1.82) is 0 Å². The molecule has 5 aromatic carbocycles. The summed E-state index contributed by atoms with van der Waals surface area (Å²) < 4.78 is 31.0. The average Bonchev–Trinajstić information content (AvgIpc) is 3.33. The third-order valence-electron chi connectivity index (χ3n) is 10.8. The van der Waals surface area contributed by atoms with Crippen LogP contribution in [0.5, 0.6) is 0 Å². The van der Waals surface area contributed by atoms with Gasteiger partial charge in [-0.3, -0.25) is 14.4 Å². The highest BCUT2D eigenvalue weighted by Crippen LogP contribution is 2.28. The third-order valence-corrected chi connectivity index (χ3v) is 10.8. The summed E-state index contributed by atoms with van der Waals surface area (Å²) >= 11 is 0. The van der Waals surface area contributed by atoms with E-state index < -0.39 is 72.3 Å². The van der Waals surface area contributed by atoms with Gasteiger partial charge in [-0.15, -0.1) is 0 Å². The van der Waals surface area contributed by atoms with Crippen LogP contribution in [0.2, 0.25) is 0 Å². The van der Waals surface area contributed by atoms with Crippen molar-refractivity contribution in [2.24, 2.45) is 11.7 Å². The number of aliphatic hydroxyl groups excluding tert-OH is 1. The number of hydrogen-bond acceptors (Lipinski definition) is 11. The Morgan fingerprint density at radius 3 is 1.72 bits per heavy atom. The monoisotopic (exact) mass is 886 g/mol. The Kier molecular flexibility index (Phi) is 18.3. The molecule has 0 radical (unpaired) electrons. The van der Waals surface area contributed by atoms with Crippen LogP contribution in [0.1, 0.15) is 52.0 Å². The number of rotatable bonds is 22. The molecule has 342 valence electrons. The number of ether oxygens (including phenoxy) is 5. The maximum Gasteiger partial charge on any atom is 0.338 e. The maximum absolute atomic E-state index is 14.4. The van der Waals surface area contributed by atoms with Crippen LogP contribution in [0.4, 0.5) is 0 Å². The lowest BCUT2D eigenvalue weighted by Crippen LogP contribution is -2.67. The first-order valence-electron chi connectivity index (χ1n) is 21.7. The Hall–Kier alpha value is -6.26. The average molecular weight is 887 g/mol. The van der Waals surface area contributed by atoms with E-state index >= 15 is 0 Å². The van der Waals surface area contributed by atoms with E-state index in [2.05, 4.69) is 16.0 Å². The first kappa shape index (κ1) is 48.2. The summed E-state index contributed by atoms with van der Waals surface area (Å²) in [5.41, 5.74) is 9.97. The first-order valence-corrected chi connectivity index (χ1v) is 21.7. The number of esters is 1. The van der Waals surface area contributed by atoms with E-state index in [0.717, 1.165) is 22.3 Å². The highest BCUT2D eigenvalue weighted by atomic mass is 16.7. The van der Waals surface area contributed by atoms with Crippen LogP contribution in [0, 0.1) is 5.92 Å². The zero-order valence-corrected chi connectivity index (χ0v) is 36.6. The molecular weight excluding hydrogens is 829 g/mol. The van der Waals surface area contributed by atoms with E-state index in [4.69, 9.17) is 29.4 Å². The molecule has 3 amide bonds. The molecule has 1 saturated heterocycles. The summed E-state index contributed by atoms with van der Waals surface area (Å²) in [6.07, 6.45) is -4.25. The molecule has 65 heavy (non-hydrogen) atoms. The number of carbonyl (C=O) groups excluding carboxylic acids is 4. The van der Waals surface area contributed by atoms with Crippen LogP contribution >= 0.6 is 0 Å². The Labute approximate surface area is 379 Å². The molecule has 6 rings (SSSR count). The molecule has 14 nitrogen and oxygen atoms in total. The molecule has 0 aliphatic carbocycles. The van der Waals surface area contributed by atoms with Crippen LogP contribution in [0.15, 0.2) is 146 Å². The van der Waals surface area contributed by atoms with Gasteiger partial charge in [0, 0.05) is 6.42 Å². The lowest BCUT2D eigenvalue weighted by atomic mass is 9.94. The second kappa shape index (κ2) is 24.7. The number of benzene rings is 5. The van der Waals surface area contributed by atoms with Gasteiger partial charge in [0.15, 0.2) is 6.29 Å². The molecule has 6 N–H and O–H groups in total. The fraction of sp³-hybridized carbons (Fsp3) is 0.333. The topological polar surface area (TPSA) is 197 Å². The lowest BCUT2D eigenvalue weighted by Gasteiger charge is -2.45. The zero-order valence-electron chi connectivity index (χ0n) is 36.6. The minimum atomic E-state index is -1.58. The number of hydrogen-bond donors (Lipinski definition) is 5. The molecule has 0 unspecified atom stereocenters. The molecule has 0 spiro atoms. The van der Waals surface area contributed by atoms with Gasteiger partial charge in [-0.2, -0.15) is 0 Å². The summed E-state index contributed by atoms with van der Waals surface area (Å²) in [4.78, 5) is 54.2. The fourth-order valence-corrected chi connectivity index (χ4v) is 7.38. The quantitative estimate of drug-likeness (QED) is 0.0602. The van der Waals surface area contributed by atoms with Crippen molar-refractivity contribution in [2.45, 2.75) is 89.4 Å². The number of amides is 3. The summed E-state index contributed by atoms with van der Waals surface area (Å²) in [6, 6.07) is 41.0. The van der Waals surface area contributed by atoms with Crippen molar-refractivity contribution in [2.75, 3.05) is 13.2 Å². The molecule has 5 aromatic rings. The standard InChI is InChI=1S/C51H58N4O10/c1-34(2)44(54-48(57)41(53-43(56)28-52)27-39-24-15-25-40(26-39)50(59)64-32-38-22-13-6-14-23-38)49(58)55-45-47(63-31-37-20-11-5-12-21-37)46(62-30-36-18-9-4-10-19-36)42(65-51(45)60)33-61-29-35-16-7-3-8-17-35/h3-26,34,41-42,44-47,51,60H,27-33,52H2,1-2H3,(H,53,56)(H,54,57)(H,55,58)/t41-,42+,44-,45+,46+,47+,51+/m0/s1. The van der Waals surface area contributed by atoms with Crippen LogP contribution < -0.4 is 21.7 Å². The predicted octanol–water partition coefficient (Wildman–Crippen LogP) is 4.76. The smallest absolute Gasteiger partial charge is 0.338 e. The van der Waals surface area contributed by atoms with Crippen molar-refractivity contribution < 1.29 is 48.0 Å². The molecule has 0 aromatic heterocycles. The summed E-state index contributed by atoms with van der Waals surface area (Å²) in [6.45, 7) is 3.81. The van der Waals surface area contributed by atoms with E-state index in [9.17, 15) is 24.3 Å². The van der Waals surface area contributed by atoms with Crippen LogP contribution in [0.25, 0.3) is 0 Å². The van der Waals surface area contributed by atoms with E-state index in [1.54, 1.807) is 38.1 Å². The van der Waals surface area contributed by atoms with Gasteiger partial charge in [0.2, 0.25) is 17.7 Å². The number of nitrogens with one attached hydrogen (secondary N) is 3. The molecule has 1 heterocycles. The first-order chi connectivity index (χ1) is 31.6. The molecule has 1 aliphatic rings. The molecule has 0 bridgehead atoms. The largest absolute Gasteiger partial charge is 0.457 e. The van der Waals surface area contributed by atoms with Crippen molar-refractivity contribution >= 4 is 23.7 Å². The number of aliphatic hydroxyl groups is 1. The lowest BCUT2D eigenvalue weighted by molar-refractivity contribution is -0.278. The fourth-order valence-electron chi connectivity index (χ4n) is 7.38. The van der Waals surface area contributed by atoms with Crippen LogP contribution in [0.3, 0.4) is 0 Å². The van der Waals surface area contributed by atoms with Crippen molar-refractivity contribution in [1.82, 2.24) is 16.0 Å². The SMILES string of the molecule is CC(C)[C@H](NC(=O)[C@H](Cc1cccc(C(=O)OCc2ccccc2)c1)NC(=O)CN)C(=O)N[C@@H]1[C@@H](OCc2ccccc2)[C@H](OCc2ccccc2)[C@@H](COCc2ccccc2)O[C@H]1O. The van der Waals surface area contributed by atoms with E-state index in [-0.39, 0.29) is 51.6 Å². The van der Waals surface area contributed by atoms with Gasteiger partial charge < -0.3 is 50.5 Å². The minimum Gasteiger partial charge on any atom is -0.457 e. The van der Waals surface area contributed by atoms with Gasteiger partial charge in [0.25, 0.3) is 0 Å². The number of carbonyl (C=O) groups is 4. The summed E-state index contributed by atoms with van der Waals surface area (Å²) in [7, 11) is 0. The Bertz CT molecular complexity index is 2250. The number of nitrogens with two attached hydrogens (primary N) is 1. The van der Waals surface area contributed by atoms with Crippen molar-refractivity contribution in [3.8, 4) is 0 Å². The van der Waals surface area contributed by atoms with E-state index in [1.165, 1.54) is 0 Å². The Morgan fingerprint density at radius 1 is 0.646 bits per heavy atom. The highest BCUT2D eigenvalue weighted by Gasteiger charge is 2.48. The zero-order chi connectivity index (χ0) is 46.0. The minimum absolute atomic E-state index is 0.0373. The molecular formula is C51H58N4O10. The van der Waals surface area contributed by atoms with Gasteiger partial charge in [0.05, 0.1) is 38.5 Å². The van der Waals surface area contributed by atoms with Gasteiger partial charge in [0.1, 0.15) is 43.0 Å². The van der Waals surface area contributed by atoms with Gasteiger partial charge in [-0.25, -0.2) is 4.79 Å². The molecule has 0 saturated carbocycles. The molecule has 7 atom stereocenters. The van der Waals surface area contributed by atoms with Gasteiger partial charge >= 0.3 is 5.97 Å². The molecule has 14 heteroatoms. The summed E-state index contributed by atoms with van der Waals surface area (Å²) in [5.74, 6) is -2.93. The highest BCUT2D eigenvalue weighted by molar-refractivity contribution is 5.93.